The lowest BCUT2D eigenvalue weighted by Gasteiger charge is -2.08. The van der Waals surface area contributed by atoms with Gasteiger partial charge in [-0.05, 0) is 18.6 Å². The van der Waals surface area contributed by atoms with Gasteiger partial charge in [0.05, 0.1) is 12.5 Å². The maximum atomic E-state index is 10.3. The maximum absolute atomic E-state index is 10.3. The van der Waals surface area contributed by atoms with Crippen LogP contribution in [0.1, 0.15) is 12.0 Å². The first kappa shape index (κ1) is 12.1. The van der Waals surface area contributed by atoms with Gasteiger partial charge in [0.2, 0.25) is 0 Å². The number of aliphatic carboxylic acids is 1. The Bertz CT molecular complexity index is 338. The second-order valence-electron chi connectivity index (χ2n) is 3.33. The summed E-state index contributed by atoms with van der Waals surface area (Å²) >= 11 is 1.48. The first-order chi connectivity index (χ1) is 7.09. The Hall–Kier alpha value is -1.00. The van der Waals surface area contributed by atoms with Crippen LogP contribution in [0.3, 0.4) is 0 Å². The van der Waals surface area contributed by atoms with Crippen LogP contribution in [0.5, 0.6) is 0 Å². The molecule has 1 unspecified atom stereocenters. The number of carbonyl (C=O) groups is 1. The van der Waals surface area contributed by atoms with Gasteiger partial charge in [-0.3, -0.25) is 4.79 Å². The number of rotatable bonds is 5. The van der Waals surface area contributed by atoms with E-state index in [1.54, 1.807) is 0 Å². The summed E-state index contributed by atoms with van der Waals surface area (Å²) in [7, 11) is 0. The topological polar surface area (TPSA) is 57.5 Å². The Morgan fingerprint density at radius 2 is 2.13 bits per heavy atom. The van der Waals surface area contributed by atoms with Gasteiger partial charge in [0.1, 0.15) is 0 Å². The van der Waals surface area contributed by atoms with Gasteiger partial charge in [0.15, 0.2) is 0 Å². The Morgan fingerprint density at radius 1 is 1.47 bits per heavy atom. The van der Waals surface area contributed by atoms with Crippen molar-refractivity contribution in [1.82, 2.24) is 0 Å². The molecular weight excluding hydrogens is 212 g/mol. The molecular formula is C11H14O3S. The molecule has 15 heavy (non-hydrogen) atoms. The van der Waals surface area contributed by atoms with Crippen molar-refractivity contribution >= 4 is 17.7 Å². The Labute approximate surface area is 93.1 Å². The van der Waals surface area contributed by atoms with Gasteiger partial charge in [0.25, 0.3) is 0 Å². The van der Waals surface area contributed by atoms with Crippen LogP contribution in [-0.4, -0.2) is 28.0 Å². The summed E-state index contributed by atoms with van der Waals surface area (Å²) in [5.74, 6) is -0.551. The molecule has 4 heteroatoms. The quantitative estimate of drug-likeness (QED) is 0.753. The Morgan fingerprint density at radius 3 is 2.73 bits per heavy atom. The molecule has 0 aromatic heterocycles. The monoisotopic (exact) mass is 226 g/mol. The zero-order valence-corrected chi connectivity index (χ0v) is 9.33. The van der Waals surface area contributed by atoms with Gasteiger partial charge >= 0.3 is 5.97 Å². The van der Waals surface area contributed by atoms with Crippen molar-refractivity contribution in [1.29, 1.82) is 0 Å². The van der Waals surface area contributed by atoms with Gasteiger partial charge in [0, 0.05) is 10.6 Å². The average Bonchev–Trinajstić information content (AvgIpc) is 2.15. The number of carboxylic acids is 1. The fourth-order valence-electron chi connectivity index (χ4n) is 1.16. The summed E-state index contributed by atoms with van der Waals surface area (Å²) in [6.45, 7) is 1.99. The molecule has 0 amide bonds. The predicted octanol–water partition coefficient (Wildman–Crippen LogP) is 1.92. The smallest absolute Gasteiger partial charge is 0.306 e. The van der Waals surface area contributed by atoms with Crippen molar-refractivity contribution in [3.8, 4) is 0 Å². The number of thioether (sulfide) groups is 1. The third kappa shape index (κ3) is 4.36. The molecule has 82 valence electrons. The van der Waals surface area contributed by atoms with Gasteiger partial charge in [-0.1, -0.05) is 18.2 Å². The second kappa shape index (κ2) is 5.78. The summed E-state index contributed by atoms with van der Waals surface area (Å²) in [5, 5.41) is 17.8. The van der Waals surface area contributed by atoms with Crippen LogP contribution in [-0.2, 0) is 4.79 Å². The third-order valence-electron chi connectivity index (χ3n) is 1.94. The van der Waals surface area contributed by atoms with Crippen LogP contribution in [0.4, 0.5) is 0 Å². The first-order valence-corrected chi connectivity index (χ1v) is 5.66. The largest absolute Gasteiger partial charge is 0.481 e. The van der Waals surface area contributed by atoms with Crippen molar-refractivity contribution in [2.75, 3.05) is 5.75 Å². The zero-order valence-electron chi connectivity index (χ0n) is 8.51. The molecule has 1 aromatic carbocycles. The summed E-state index contributed by atoms with van der Waals surface area (Å²) in [4.78, 5) is 11.4. The standard InChI is InChI=1S/C11H14O3S/c1-8-4-2-3-5-10(8)15-7-9(12)6-11(13)14/h2-5,9,12H,6-7H2,1H3,(H,13,14). The summed E-state index contributed by atoms with van der Waals surface area (Å²) in [5.41, 5.74) is 1.14. The van der Waals surface area contributed by atoms with Crippen LogP contribution < -0.4 is 0 Å². The first-order valence-electron chi connectivity index (χ1n) is 4.68. The van der Waals surface area contributed by atoms with E-state index in [1.807, 2.05) is 31.2 Å². The molecule has 1 rings (SSSR count). The molecule has 3 nitrogen and oxygen atoms in total. The number of hydrogen-bond donors (Lipinski definition) is 2. The van der Waals surface area contributed by atoms with Crippen molar-refractivity contribution in [2.45, 2.75) is 24.3 Å². The van der Waals surface area contributed by atoms with Crippen LogP contribution in [0.2, 0.25) is 0 Å². The van der Waals surface area contributed by atoms with E-state index in [4.69, 9.17) is 5.11 Å². The van der Waals surface area contributed by atoms with Gasteiger partial charge < -0.3 is 10.2 Å². The molecule has 1 aromatic rings. The van der Waals surface area contributed by atoms with Crippen LogP contribution in [0.25, 0.3) is 0 Å². The Balaban J connectivity index is 2.43. The van der Waals surface area contributed by atoms with Crippen molar-refractivity contribution in [3.63, 3.8) is 0 Å². The number of hydrogen-bond acceptors (Lipinski definition) is 3. The van der Waals surface area contributed by atoms with E-state index in [0.717, 1.165) is 10.5 Å². The molecule has 1 atom stereocenters. The van der Waals surface area contributed by atoms with Crippen LogP contribution in [0.15, 0.2) is 29.2 Å². The van der Waals surface area contributed by atoms with Gasteiger partial charge in [-0.2, -0.15) is 0 Å². The zero-order chi connectivity index (χ0) is 11.3. The molecule has 0 aliphatic heterocycles. The molecule has 0 aliphatic rings. The molecule has 0 bridgehead atoms. The lowest BCUT2D eigenvalue weighted by Crippen LogP contribution is -2.15. The molecule has 2 N–H and O–H groups in total. The highest BCUT2D eigenvalue weighted by Gasteiger charge is 2.10. The van der Waals surface area contributed by atoms with E-state index in [-0.39, 0.29) is 6.42 Å². The number of carboxylic acid groups (broad SMARTS) is 1. The molecule has 0 spiro atoms. The molecule has 0 saturated carbocycles. The number of aliphatic hydroxyl groups excluding tert-OH is 1. The fraction of sp³-hybridized carbons (Fsp3) is 0.364. The van der Waals surface area contributed by atoms with E-state index in [0.29, 0.717) is 5.75 Å². The highest BCUT2D eigenvalue weighted by Crippen LogP contribution is 2.22. The lowest BCUT2D eigenvalue weighted by molar-refractivity contribution is -0.138. The number of aliphatic hydroxyl groups is 1. The van der Waals surface area contributed by atoms with E-state index in [9.17, 15) is 9.90 Å². The summed E-state index contributed by atoms with van der Waals surface area (Å²) in [6, 6.07) is 7.84. The van der Waals surface area contributed by atoms with Crippen molar-refractivity contribution < 1.29 is 15.0 Å². The van der Waals surface area contributed by atoms with E-state index in [1.165, 1.54) is 11.8 Å². The summed E-state index contributed by atoms with van der Waals surface area (Å²) in [6.07, 6.45) is -0.981. The van der Waals surface area contributed by atoms with Gasteiger partial charge in [-0.25, -0.2) is 0 Å². The van der Waals surface area contributed by atoms with E-state index in [2.05, 4.69) is 0 Å². The maximum Gasteiger partial charge on any atom is 0.306 e. The SMILES string of the molecule is Cc1ccccc1SCC(O)CC(=O)O. The molecule has 0 heterocycles. The minimum absolute atomic E-state index is 0.196. The molecule has 0 saturated heterocycles. The van der Waals surface area contributed by atoms with E-state index < -0.39 is 12.1 Å². The lowest BCUT2D eigenvalue weighted by atomic mass is 10.2. The van der Waals surface area contributed by atoms with Crippen LogP contribution >= 0.6 is 11.8 Å². The fourth-order valence-corrected chi connectivity index (χ4v) is 2.13. The van der Waals surface area contributed by atoms with E-state index >= 15 is 0 Å². The minimum Gasteiger partial charge on any atom is -0.481 e. The molecule has 0 aliphatic carbocycles. The highest BCUT2D eigenvalue weighted by molar-refractivity contribution is 7.99. The minimum atomic E-state index is -0.965. The second-order valence-corrected chi connectivity index (χ2v) is 4.39. The molecule has 0 radical (unpaired) electrons. The van der Waals surface area contributed by atoms with Crippen LogP contribution in [0, 0.1) is 6.92 Å². The predicted molar refractivity (Wildman–Crippen MR) is 60.2 cm³/mol. The number of benzene rings is 1. The van der Waals surface area contributed by atoms with Gasteiger partial charge in [-0.15, -0.1) is 11.8 Å². The Kier molecular flexibility index (Phi) is 4.65. The third-order valence-corrected chi connectivity index (χ3v) is 3.26. The van der Waals surface area contributed by atoms with Crippen molar-refractivity contribution in [2.24, 2.45) is 0 Å². The normalized spacial score (nSPS) is 12.4. The molecule has 0 fully saturated rings. The summed E-state index contributed by atoms with van der Waals surface area (Å²) < 4.78 is 0. The number of aryl methyl sites for hydroxylation is 1. The average molecular weight is 226 g/mol. The van der Waals surface area contributed by atoms with Crippen molar-refractivity contribution in [3.05, 3.63) is 29.8 Å². The highest BCUT2D eigenvalue weighted by atomic mass is 32.2.